The van der Waals surface area contributed by atoms with E-state index in [1.807, 2.05) is 60.9 Å². The average molecular weight is 517 g/mol. The molecule has 4 aromatic rings. The molecule has 6 nitrogen and oxygen atoms in total. The predicted octanol–water partition coefficient (Wildman–Crippen LogP) is 5.59. The molecule has 5 rings (SSSR count). The molecule has 1 N–H and O–H groups in total. The van der Waals surface area contributed by atoms with E-state index in [4.69, 9.17) is 4.74 Å². The number of likely N-dealkylation sites (tertiary alicyclic amines) is 1. The molecule has 2 aromatic heterocycles. The Morgan fingerprint density at radius 3 is 2.44 bits per heavy atom. The molecule has 1 amide bonds. The Labute approximate surface area is 230 Å². The van der Waals surface area contributed by atoms with Gasteiger partial charge in [-0.3, -0.25) is 14.7 Å². The Hall–Kier alpha value is -4.47. The molecule has 0 bridgehead atoms. The maximum Gasteiger partial charge on any atom is 0.255 e. The highest BCUT2D eigenvalue weighted by Crippen LogP contribution is 2.23. The lowest BCUT2D eigenvalue weighted by Crippen LogP contribution is -2.33. The molecule has 0 radical (unpaired) electrons. The third kappa shape index (κ3) is 7.53. The fourth-order valence-corrected chi connectivity index (χ4v) is 4.80. The largest absolute Gasteiger partial charge is 0.481 e. The number of aromatic nitrogens is 2. The second kappa shape index (κ2) is 12.9. The third-order valence-electron chi connectivity index (χ3n) is 7.01. The van der Waals surface area contributed by atoms with E-state index in [-0.39, 0.29) is 5.91 Å². The van der Waals surface area contributed by atoms with Crippen LogP contribution in [0.15, 0.2) is 91.4 Å². The van der Waals surface area contributed by atoms with Gasteiger partial charge in [-0.15, -0.1) is 0 Å². The van der Waals surface area contributed by atoms with Gasteiger partial charge in [-0.25, -0.2) is 4.98 Å². The Kier molecular flexibility index (Phi) is 8.62. The van der Waals surface area contributed by atoms with Crippen molar-refractivity contribution in [2.45, 2.75) is 25.8 Å². The summed E-state index contributed by atoms with van der Waals surface area (Å²) < 4.78 is 5.13. The van der Waals surface area contributed by atoms with Gasteiger partial charge in [0.05, 0.1) is 7.11 Å². The van der Waals surface area contributed by atoms with Crippen LogP contribution in [-0.2, 0) is 13.0 Å². The molecule has 2 aromatic carbocycles. The van der Waals surface area contributed by atoms with Crippen LogP contribution in [0.1, 0.15) is 45.5 Å². The zero-order chi connectivity index (χ0) is 26.9. The molecule has 1 fully saturated rings. The van der Waals surface area contributed by atoms with Gasteiger partial charge in [0, 0.05) is 53.6 Å². The molecule has 3 heterocycles. The van der Waals surface area contributed by atoms with Gasteiger partial charge in [-0.1, -0.05) is 30.0 Å². The Balaban J connectivity index is 1.09. The lowest BCUT2D eigenvalue weighted by atomic mass is 9.90. The number of methoxy groups -OCH3 is 1. The highest BCUT2D eigenvalue weighted by Gasteiger charge is 2.19. The van der Waals surface area contributed by atoms with Gasteiger partial charge in [-0.2, -0.15) is 0 Å². The summed E-state index contributed by atoms with van der Waals surface area (Å²) in [4.78, 5) is 23.6. The van der Waals surface area contributed by atoms with Crippen LogP contribution in [0.25, 0.3) is 0 Å². The number of amides is 1. The summed E-state index contributed by atoms with van der Waals surface area (Å²) in [7, 11) is 1.58. The van der Waals surface area contributed by atoms with Gasteiger partial charge in [0.25, 0.3) is 5.91 Å². The number of piperidine rings is 1. The molecule has 1 aliphatic heterocycles. The summed E-state index contributed by atoms with van der Waals surface area (Å²) in [5.41, 5.74) is 5.62. The number of carbonyl (C=O) groups is 1. The highest BCUT2D eigenvalue weighted by molar-refractivity contribution is 6.04. The van der Waals surface area contributed by atoms with Crippen molar-refractivity contribution in [1.82, 2.24) is 14.9 Å². The lowest BCUT2D eigenvalue weighted by Gasteiger charge is -2.32. The lowest BCUT2D eigenvalue weighted by molar-refractivity contribution is 0.102. The normalized spacial score (nSPS) is 13.8. The van der Waals surface area contributed by atoms with Gasteiger partial charge in [0.2, 0.25) is 5.88 Å². The molecule has 0 saturated carbocycles. The van der Waals surface area contributed by atoms with E-state index >= 15 is 0 Å². The van der Waals surface area contributed by atoms with Crippen molar-refractivity contribution in [3.05, 3.63) is 119 Å². The number of pyridine rings is 2. The van der Waals surface area contributed by atoms with E-state index in [1.54, 1.807) is 19.4 Å². The number of carbonyl (C=O) groups excluding carboxylic acids is 1. The fourth-order valence-electron chi connectivity index (χ4n) is 4.80. The first kappa shape index (κ1) is 26.1. The summed E-state index contributed by atoms with van der Waals surface area (Å²) in [5, 5.41) is 2.97. The third-order valence-corrected chi connectivity index (χ3v) is 7.01. The van der Waals surface area contributed by atoms with E-state index in [2.05, 4.69) is 50.2 Å². The number of nitrogens with zero attached hydrogens (tertiary/aromatic N) is 3. The number of hydrogen-bond acceptors (Lipinski definition) is 5. The Morgan fingerprint density at radius 1 is 0.949 bits per heavy atom. The minimum atomic E-state index is -0.125. The van der Waals surface area contributed by atoms with E-state index in [9.17, 15) is 4.79 Å². The summed E-state index contributed by atoms with van der Waals surface area (Å²) in [6.07, 6.45) is 9.01. The fraction of sp³-hybridized carbons (Fsp3) is 0.242. The summed E-state index contributed by atoms with van der Waals surface area (Å²) in [6, 6.07) is 23.3. The Bertz CT molecular complexity index is 1430. The van der Waals surface area contributed by atoms with Crippen molar-refractivity contribution in [1.29, 1.82) is 0 Å². The molecule has 0 aliphatic carbocycles. The van der Waals surface area contributed by atoms with Crippen LogP contribution in [0.4, 0.5) is 5.69 Å². The van der Waals surface area contributed by atoms with Crippen LogP contribution in [0.5, 0.6) is 5.88 Å². The minimum Gasteiger partial charge on any atom is -0.481 e. The van der Waals surface area contributed by atoms with Gasteiger partial charge in [0.1, 0.15) is 0 Å². The molecule has 1 saturated heterocycles. The van der Waals surface area contributed by atoms with E-state index in [0.29, 0.717) is 11.4 Å². The summed E-state index contributed by atoms with van der Waals surface area (Å²) in [5.74, 6) is 7.36. The van der Waals surface area contributed by atoms with Crippen molar-refractivity contribution in [3.8, 4) is 17.7 Å². The molecule has 6 heteroatoms. The SMILES string of the molecule is COc1cc(C#Cc2ccc(NC(=O)c3ccc(CN4CCC(Cc5cccnc5)CC4)cc3)cc2)ccn1. The van der Waals surface area contributed by atoms with Gasteiger partial charge in [-0.05, 0) is 97.9 Å². The number of benzene rings is 2. The topological polar surface area (TPSA) is 67.3 Å². The molecule has 0 spiro atoms. The molecule has 1 aliphatic rings. The molecule has 196 valence electrons. The van der Waals surface area contributed by atoms with E-state index < -0.39 is 0 Å². The van der Waals surface area contributed by atoms with Gasteiger partial charge >= 0.3 is 0 Å². The van der Waals surface area contributed by atoms with E-state index in [0.717, 1.165) is 48.8 Å². The zero-order valence-corrected chi connectivity index (χ0v) is 22.1. The quantitative estimate of drug-likeness (QED) is 0.324. The van der Waals surface area contributed by atoms with Crippen molar-refractivity contribution in [2.75, 3.05) is 25.5 Å². The standard InChI is InChI=1S/C33H32N4O2/c1-39-32-22-26(14-18-35-32)5-4-25-8-12-31(13-9-25)36-33(38)30-10-6-28(7-11-30)24-37-19-15-27(16-20-37)21-29-3-2-17-34-23-29/h2-3,6-14,17-18,22-23,27H,15-16,19-21,24H2,1H3,(H,36,38). The monoisotopic (exact) mass is 516 g/mol. The number of nitrogens with one attached hydrogen (secondary N) is 1. The summed E-state index contributed by atoms with van der Waals surface area (Å²) >= 11 is 0. The van der Waals surface area contributed by atoms with Crippen LogP contribution >= 0.6 is 0 Å². The number of rotatable bonds is 7. The number of anilines is 1. The van der Waals surface area contributed by atoms with Crippen LogP contribution in [0.2, 0.25) is 0 Å². The highest BCUT2D eigenvalue weighted by atomic mass is 16.5. The maximum atomic E-state index is 12.8. The first-order chi connectivity index (χ1) is 19.1. The molecule has 0 unspecified atom stereocenters. The van der Waals surface area contributed by atoms with Crippen LogP contribution in [0, 0.1) is 17.8 Å². The number of hydrogen-bond donors (Lipinski definition) is 1. The molecular formula is C33H32N4O2. The molecule has 0 atom stereocenters. The van der Waals surface area contributed by atoms with Crippen molar-refractivity contribution >= 4 is 11.6 Å². The smallest absolute Gasteiger partial charge is 0.255 e. The second-order valence-electron chi connectivity index (χ2n) is 9.85. The zero-order valence-electron chi connectivity index (χ0n) is 22.1. The average Bonchev–Trinajstić information content (AvgIpc) is 2.99. The van der Waals surface area contributed by atoms with Crippen molar-refractivity contribution < 1.29 is 9.53 Å². The van der Waals surface area contributed by atoms with E-state index in [1.165, 1.54) is 24.0 Å². The van der Waals surface area contributed by atoms with Crippen molar-refractivity contribution in [2.24, 2.45) is 5.92 Å². The molecular weight excluding hydrogens is 484 g/mol. The first-order valence-electron chi connectivity index (χ1n) is 13.3. The molecule has 39 heavy (non-hydrogen) atoms. The van der Waals surface area contributed by atoms with Gasteiger partial charge < -0.3 is 10.1 Å². The maximum absolute atomic E-state index is 12.8. The Morgan fingerprint density at radius 2 is 1.72 bits per heavy atom. The van der Waals surface area contributed by atoms with Gasteiger partial charge in [0.15, 0.2) is 0 Å². The minimum absolute atomic E-state index is 0.125. The predicted molar refractivity (Wildman–Crippen MR) is 154 cm³/mol. The second-order valence-corrected chi connectivity index (χ2v) is 9.85. The van der Waals surface area contributed by atoms with Crippen molar-refractivity contribution in [3.63, 3.8) is 0 Å². The summed E-state index contributed by atoms with van der Waals surface area (Å²) in [6.45, 7) is 3.12. The number of ether oxygens (including phenoxy) is 1. The van der Waals surface area contributed by atoms with Crippen LogP contribution < -0.4 is 10.1 Å². The van der Waals surface area contributed by atoms with Crippen LogP contribution in [0.3, 0.4) is 0 Å². The first-order valence-corrected chi connectivity index (χ1v) is 13.3. The van der Waals surface area contributed by atoms with Crippen LogP contribution in [-0.4, -0.2) is 41.0 Å².